The molecule has 6 rings (SSSR count). The number of aliphatic hydroxyl groups excluding tert-OH is 2. The number of aliphatic hydroxyl groups is 2. The summed E-state index contributed by atoms with van der Waals surface area (Å²) in [7, 11) is -4.23. The Balaban J connectivity index is 1.23. The molecule has 10 amide bonds. The number of alkyl carbamates (subject to hydrolysis) is 2. The number of nitrogens with zero attached hydrogens (tertiary/aromatic N) is 2. The van der Waals surface area contributed by atoms with E-state index in [9.17, 15) is 66.9 Å². The lowest BCUT2D eigenvalue weighted by molar-refractivity contribution is -0.149. The number of esters is 1. The Bertz CT molecular complexity index is 4190. The summed E-state index contributed by atoms with van der Waals surface area (Å²) in [4.78, 5) is 162. The van der Waals surface area contributed by atoms with Crippen LogP contribution in [0.3, 0.4) is 0 Å². The minimum Gasteiger partial charge on any atom is -0.508 e. The van der Waals surface area contributed by atoms with Gasteiger partial charge in [0.05, 0.1) is 17.6 Å². The summed E-state index contributed by atoms with van der Waals surface area (Å²) in [6.45, 7) is 15.3. The van der Waals surface area contributed by atoms with E-state index in [2.05, 4.69) is 57.6 Å². The normalized spacial score (nSPS) is 15.2. The SMILES string of the molecule is Cc1cc(C)c(S(=O)(=O)NC(N)=NCCC[C@H](NC(=O)[C@H](CC(C)C)NC(=O)[C@@H](CCCCNC(=O)OCc2ccccc2)NC(=O)[C@@H](CC(C)C)NC(=O)[C@@H](NC(=O)[C@@H](NC(=O)[C@@H]2CCCN2C(=O)[C@H](CO)NC(=O)OCc2ccccc2)C(C)C)[C@@H](C)O)C(=O)N[C@@H](Cc2ccc(O)cc2)C(=O)OCc2ccccc2)c(C)c1. The summed E-state index contributed by atoms with van der Waals surface area (Å²) < 4.78 is 45.9. The molecule has 0 aliphatic carbocycles. The van der Waals surface area contributed by atoms with Gasteiger partial charge in [0.1, 0.15) is 79.9 Å². The average Bonchev–Trinajstić information content (AvgIpc) is 1.13. The second-order valence-electron chi connectivity index (χ2n) is 29.8. The van der Waals surface area contributed by atoms with E-state index in [4.69, 9.17) is 19.9 Å². The molecule has 10 atom stereocenters. The molecule has 1 saturated heterocycles. The van der Waals surface area contributed by atoms with Crippen LogP contribution in [0, 0.1) is 38.5 Å². The third-order valence-corrected chi connectivity index (χ3v) is 20.4. The predicted octanol–water partition coefficient (Wildman–Crippen LogP) is 4.57. The summed E-state index contributed by atoms with van der Waals surface area (Å²) >= 11 is 0. The van der Waals surface area contributed by atoms with Crippen LogP contribution in [0.25, 0.3) is 0 Å². The fourth-order valence-electron chi connectivity index (χ4n) is 13.0. The molecule has 115 heavy (non-hydrogen) atoms. The van der Waals surface area contributed by atoms with E-state index >= 15 is 9.59 Å². The molecule has 32 nitrogen and oxygen atoms in total. The number of hydrogen-bond donors (Lipinski definition) is 14. The van der Waals surface area contributed by atoms with Gasteiger partial charge in [0, 0.05) is 26.1 Å². The molecule has 0 aromatic heterocycles. The first-order valence-corrected chi connectivity index (χ1v) is 40.1. The zero-order valence-electron chi connectivity index (χ0n) is 66.9. The number of likely N-dealkylation sites (tertiary alicyclic amines) is 1. The van der Waals surface area contributed by atoms with Crippen LogP contribution in [0.2, 0.25) is 0 Å². The van der Waals surface area contributed by atoms with E-state index in [1.165, 1.54) is 24.0 Å². The molecular formula is C82H113N13O19S. The molecule has 1 aliphatic rings. The number of phenolic OH excluding ortho intramolecular Hbond substituents is 1. The first kappa shape index (κ1) is 92.7. The van der Waals surface area contributed by atoms with E-state index in [1.807, 2.05) is 13.0 Å². The standard InChI is InChI=1S/C82H113N13O19S/c1-49(2)40-63(73(101)87-62(31-22-38-84-80(83)94-115(110,111)70-53(8)42-52(7)43-54(70)9)72(100)90-65(44-56-33-35-60(98)36-34-56)79(107)112-46-57-24-14-11-15-25-57)88-71(99)61(30-20-21-37-85-81(108)113-47-58-26-16-12-17-27-58)86-74(102)64(41-50(3)4)89-77(105)69(55(10)97)93-76(104)68(51(5)6)92-75(103)67-32-23-39-95(67)78(106)66(45-96)91-82(109)114-48-59-28-18-13-19-29-59/h11-19,24-29,33-36,42-43,49-51,55,61-69,96-98H,20-23,30-32,37-41,44-48H2,1-10H3,(H,85,108)(H,86,102)(H,87,101)(H,88,99)(H,89,105)(H,90,100)(H,91,109)(H,92,103)(H,93,104)(H3,83,84,94)/t55-,61-,62+,63+,64-,65+,66+,67+,68+,69+/m1/s1. The van der Waals surface area contributed by atoms with Gasteiger partial charge in [-0.1, -0.05) is 162 Å². The maximum atomic E-state index is 15.1. The van der Waals surface area contributed by atoms with Crippen molar-refractivity contribution in [2.75, 3.05) is 26.2 Å². The molecule has 5 aromatic rings. The van der Waals surface area contributed by atoms with Crippen LogP contribution in [0.15, 0.2) is 137 Å². The number of amides is 10. The fraction of sp³-hybridized carbons (Fsp3) is 0.488. The topological polar surface area (TPSA) is 472 Å². The Labute approximate surface area is 671 Å². The number of rotatable bonds is 43. The van der Waals surface area contributed by atoms with Crippen LogP contribution < -0.4 is 58.3 Å². The smallest absolute Gasteiger partial charge is 0.408 e. The highest BCUT2D eigenvalue weighted by Crippen LogP contribution is 2.24. The lowest BCUT2D eigenvalue weighted by Gasteiger charge is -2.31. The van der Waals surface area contributed by atoms with E-state index in [0.717, 1.165) is 11.1 Å². The van der Waals surface area contributed by atoms with Crippen molar-refractivity contribution in [3.05, 3.63) is 166 Å². The molecule has 1 fully saturated rings. The van der Waals surface area contributed by atoms with Crippen LogP contribution in [0.4, 0.5) is 9.59 Å². The van der Waals surface area contributed by atoms with E-state index in [0.29, 0.717) is 34.2 Å². The Morgan fingerprint density at radius 2 is 1.01 bits per heavy atom. The molecule has 1 heterocycles. The molecule has 0 bridgehead atoms. The van der Waals surface area contributed by atoms with Crippen LogP contribution in [0.1, 0.15) is 145 Å². The van der Waals surface area contributed by atoms with Crippen LogP contribution in [-0.4, -0.2) is 187 Å². The Morgan fingerprint density at radius 1 is 0.539 bits per heavy atom. The fourth-order valence-corrected chi connectivity index (χ4v) is 14.4. The van der Waals surface area contributed by atoms with E-state index in [1.54, 1.807) is 165 Å². The Hall–Kier alpha value is -11.2. The summed E-state index contributed by atoms with van der Waals surface area (Å²) in [5.41, 5.74) is 10.5. The number of aromatic hydroxyl groups is 1. The van der Waals surface area contributed by atoms with Crippen molar-refractivity contribution in [1.29, 1.82) is 0 Å². The van der Waals surface area contributed by atoms with Gasteiger partial charge in [0.2, 0.25) is 53.2 Å². The summed E-state index contributed by atoms with van der Waals surface area (Å²) in [6, 6.07) is 22.6. The predicted molar refractivity (Wildman–Crippen MR) is 428 cm³/mol. The lowest BCUT2D eigenvalue weighted by Crippen LogP contribution is -2.62. The number of sulfonamides is 1. The first-order valence-electron chi connectivity index (χ1n) is 38.7. The average molecular weight is 1620 g/mol. The van der Waals surface area contributed by atoms with Crippen molar-refractivity contribution in [3.8, 4) is 5.75 Å². The summed E-state index contributed by atoms with van der Waals surface area (Å²) in [5.74, 6) is -9.85. The number of nitrogens with two attached hydrogens (primary N) is 1. The Kier molecular flexibility index (Phi) is 37.3. The number of unbranched alkanes of at least 4 members (excludes halogenated alkanes) is 1. The van der Waals surface area contributed by atoms with Crippen molar-refractivity contribution in [3.63, 3.8) is 0 Å². The molecule has 5 aromatic carbocycles. The van der Waals surface area contributed by atoms with E-state index in [-0.39, 0.29) is 120 Å². The number of benzene rings is 5. The third kappa shape index (κ3) is 30.9. The number of hydrogen-bond acceptors (Lipinski definition) is 20. The minimum atomic E-state index is -4.23. The van der Waals surface area contributed by atoms with Gasteiger partial charge in [-0.15, -0.1) is 0 Å². The van der Waals surface area contributed by atoms with Crippen molar-refractivity contribution in [2.24, 2.45) is 28.5 Å². The highest BCUT2D eigenvalue weighted by Gasteiger charge is 2.42. The van der Waals surface area contributed by atoms with Gasteiger partial charge in [-0.25, -0.2) is 27.5 Å². The number of phenols is 1. The largest absolute Gasteiger partial charge is 0.508 e. The molecule has 15 N–H and O–H groups in total. The molecular weight excluding hydrogens is 1500 g/mol. The van der Waals surface area contributed by atoms with Gasteiger partial charge in [-0.3, -0.25) is 43.3 Å². The van der Waals surface area contributed by atoms with Gasteiger partial charge < -0.3 is 88.0 Å². The van der Waals surface area contributed by atoms with Crippen LogP contribution in [0.5, 0.6) is 5.75 Å². The van der Waals surface area contributed by atoms with Crippen molar-refractivity contribution >= 4 is 81.4 Å². The van der Waals surface area contributed by atoms with Crippen LogP contribution in [-0.2, 0) is 93.6 Å². The third-order valence-electron chi connectivity index (χ3n) is 18.7. The second-order valence-corrected chi connectivity index (χ2v) is 31.5. The van der Waals surface area contributed by atoms with Crippen molar-refractivity contribution in [1.82, 2.24) is 57.5 Å². The number of carbonyl (C=O) groups is 11. The molecule has 1 aliphatic heterocycles. The molecule has 0 spiro atoms. The zero-order chi connectivity index (χ0) is 84.5. The number of aliphatic imine (C=N–C) groups is 1. The minimum absolute atomic E-state index is 0.0102. The van der Waals surface area contributed by atoms with Gasteiger partial charge in [-0.05, 0) is 149 Å². The number of nitrogens with one attached hydrogen (secondary N) is 10. The van der Waals surface area contributed by atoms with Crippen LogP contribution >= 0.6 is 0 Å². The molecule has 33 heteroatoms. The van der Waals surface area contributed by atoms with Gasteiger partial charge in [0.15, 0.2) is 0 Å². The van der Waals surface area contributed by atoms with E-state index < -0.39 is 154 Å². The first-order chi connectivity index (χ1) is 54.6. The molecule has 626 valence electrons. The number of carbonyl (C=O) groups excluding carboxylic acids is 11. The molecule has 0 radical (unpaired) electrons. The maximum Gasteiger partial charge on any atom is 0.408 e. The number of aryl methyl sites for hydroxylation is 3. The van der Waals surface area contributed by atoms with Crippen molar-refractivity contribution in [2.45, 2.75) is 219 Å². The highest BCUT2D eigenvalue weighted by atomic mass is 32.2. The Morgan fingerprint density at radius 3 is 1.51 bits per heavy atom. The maximum absolute atomic E-state index is 15.1. The highest BCUT2D eigenvalue weighted by molar-refractivity contribution is 7.90. The molecule has 0 unspecified atom stereocenters. The summed E-state index contributed by atoms with van der Waals surface area (Å²) in [6.07, 6.45) is -3.17. The summed E-state index contributed by atoms with van der Waals surface area (Å²) in [5, 5.41) is 55.3. The van der Waals surface area contributed by atoms with Gasteiger partial charge in [0.25, 0.3) is 10.0 Å². The number of guanidine groups is 1. The lowest BCUT2D eigenvalue weighted by atomic mass is 9.99. The zero-order valence-corrected chi connectivity index (χ0v) is 67.7. The quantitative estimate of drug-likeness (QED) is 0.00835. The number of ether oxygens (including phenoxy) is 3. The molecule has 0 saturated carbocycles. The van der Waals surface area contributed by atoms with Crippen molar-refractivity contribution < 1.29 is 90.7 Å². The monoisotopic (exact) mass is 1620 g/mol. The van der Waals surface area contributed by atoms with Gasteiger partial charge >= 0.3 is 18.2 Å². The second kappa shape index (κ2) is 46.2. The van der Waals surface area contributed by atoms with Gasteiger partial charge in [-0.2, -0.15) is 0 Å².